The molecule has 1 fully saturated rings. The average Bonchev–Trinajstić information content (AvgIpc) is 3.18. The fraction of sp³-hybridized carbons (Fsp3) is 0.500. The van der Waals surface area contributed by atoms with Crippen molar-refractivity contribution < 1.29 is 13.2 Å². The molecule has 1 atom stereocenters. The van der Waals surface area contributed by atoms with Crippen molar-refractivity contribution in [2.75, 3.05) is 25.0 Å². The van der Waals surface area contributed by atoms with Crippen molar-refractivity contribution in [3.05, 3.63) is 34.7 Å². The van der Waals surface area contributed by atoms with Crippen LogP contribution in [0.25, 0.3) is 0 Å². The Labute approximate surface area is 135 Å². The van der Waals surface area contributed by atoms with Crippen LogP contribution in [0.4, 0.5) is 19.0 Å². The molecule has 2 aromatic heterocycles. The van der Waals surface area contributed by atoms with E-state index in [-0.39, 0.29) is 6.04 Å². The molecule has 23 heavy (non-hydrogen) atoms. The van der Waals surface area contributed by atoms with Crippen LogP contribution in [0.5, 0.6) is 0 Å². The van der Waals surface area contributed by atoms with Crippen molar-refractivity contribution in [2.24, 2.45) is 0 Å². The quantitative estimate of drug-likeness (QED) is 0.854. The van der Waals surface area contributed by atoms with E-state index < -0.39 is 11.9 Å². The molecule has 1 aliphatic rings. The number of hydrogen-bond donors (Lipinski definition) is 0. The zero-order valence-corrected chi connectivity index (χ0v) is 13.3. The van der Waals surface area contributed by atoms with Crippen LogP contribution in [0, 0.1) is 0 Å². The van der Waals surface area contributed by atoms with Crippen molar-refractivity contribution in [3.63, 3.8) is 0 Å². The number of thiazole rings is 1. The molecule has 5 nitrogen and oxygen atoms in total. The molecular formula is C14H16F3N5S. The van der Waals surface area contributed by atoms with Crippen molar-refractivity contribution in [3.8, 4) is 0 Å². The molecule has 1 unspecified atom stereocenters. The smallest absolute Gasteiger partial charge is 0.355 e. The first-order valence-electron chi connectivity index (χ1n) is 7.15. The number of likely N-dealkylation sites (N-methyl/N-ethyl adjacent to an activating group) is 1. The maximum absolute atomic E-state index is 12.8. The molecule has 0 saturated carbocycles. The van der Waals surface area contributed by atoms with Gasteiger partial charge in [0.1, 0.15) is 17.8 Å². The van der Waals surface area contributed by atoms with E-state index in [0.29, 0.717) is 5.82 Å². The number of hydrogen-bond acceptors (Lipinski definition) is 6. The molecule has 0 spiro atoms. The number of alkyl halides is 3. The SMILES string of the molecule is CN(c1cc(C(F)(F)F)ncn1)C1CCN(Cc2cscn2)C1. The second-order valence-electron chi connectivity index (χ2n) is 5.53. The van der Waals surface area contributed by atoms with Crippen LogP contribution in [0.15, 0.2) is 23.3 Å². The summed E-state index contributed by atoms with van der Waals surface area (Å²) in [5, 5.41) is 2.01. The summed E-state index contributed by atoms with van der Waals surface area (Å²) in [4.78, 5) is 15.6. The minimum atomic E-state index is -4.45. The lowest BCUT2D eigenvalue weighted by Crippen LogP contribution is -2.35. The van der Waals surface area contributed by atoms with Crippen LogP contribution < -0.4 is 4.90 Å². The Bertz CT molecular complexity index is 646. The summed E-state index contributed by atoms with van der Waals surface area (Å²) >= 11 is 1.56. The molecule has 1 aliphatic heterocycles. The molecule has 1 saturated heterocycles. The van der Waals surface area contributed by atoms with Crippen LogP contribution in [-0.2, 0) is 12.7 Å². The van der Waals surface area contributed by atoms with Gasteiger partial charge in [-0.3, -0.25) is 4.90 Å². The second kappa shape index (κ2) is 6.40. The highest BCUT2D eigenvalue weighted by atomic mass is 32.1. The van der Waals surface area contributed by atoms with Gasteiger partial charge in [-0.15, -0.1) is 11.3 Å². The van der Waals surface area contributed by atoms with Gasteiger partial charge in [-0.05, 0) is 6.42 Å². The van der Waals surface area contributed by atoms with Crippen molar-refractivity contribution >= 4 is 17.2 Å². The number of halogens is 3. The van der Waals surface area contributed by atoms with Gasteiger partial charge < -0.3 is 4.90 Å². The molecule has 0 bridgehead atoms. The van der Waals surface area contributed by atoms with Crippen LogP contribution in [-0.4, -0.2) is 46.0 Å². The molecule has 9 heteroatoms. The number of likely N-dealkylation sites (tertiary alicyclic amines) is 1. The van der Waals surface area contributed by atoms with E-state index in [4.69, 9.17) is 0 Å². The van der Waals surface area contributed by atoms with Crippen LogP contribution >= 0.6 is 11.3 Å². The van der Waals surface area contributed by atoms with Gasteiger partial charge in [0.25, 0.3) is 0 Å². The average molecular weight is 343 g/mol. The Morgan fingerprint density at radius 3 is 2.87 bits per heavy atom. The summed E-state index contributed by atoms with van der Waals surface area (Å²) in [6.07, 6.45) is -2.60. The fourth-order valence-corrected chi connectivity index (χ4v) is 3.25. The predicted molar refractivity (Wildman–Crippen MR) is 81.2 cm³/mol. The van der Waals surface area contributed by atoms with E-state index in [2.05, 4.69) is 19.9 Å². The molecule has 3 rings (SSSR count). The lowest BCUT2D eigenvalue weighted by molar-refractivity contribution is -0.141. The first-order chi connectivity index (χ1) is 10.9. The Hall–Kier alpha value is -1.74. The maximum Gasteiger partial charge on any atom is 0.433 e. The lowest BCUT2D eigenvalue weighted by Gasteiger charge is -2.26. The van der Waals surface area contributed by atoms with E-state index in [1.165, 1.54) is 0 Å². The first kappa shape index (κ1) is 16.1. The highest BCUT2D eigenvalue weighted by Gasteiger charge is 2.34. The molecule has 3 heterocycles. The van der Waals surface area contributed by atoms with Crippen molar-refractivity contribution in [1.82, 2.24) is 19.9 Å². The van der Waals surface area contributed by atoms with Gasteiger partial charge in [0.05, 0.1) is 11.2 Å². The van der Waals surface area contributed by atoms with Gasteiger partial charge in [-0.25, -0.2) is 15.0 Å². The highest BCUT2D eigenvalue weighted by Crippen LogP contribution is 2.29. The van der Waals surface area contributed by atoms with Crippen molar-refractivity contribution in [2.45, 2.75) is 25.2 Å². The molecule has 0 aliphatic carbocycles. The molecule has 2 aromatic rings. The Kier molecular flexibility index (Phi) is 4.49. The standard InChI is InChI=1S/C14H16F3N5S/c1-21(13-4-12(14(15,16)17)18-8-19-13)11-2-3-22(6-11)5-10-7-23-9-20-10/h4,7-9,11H,2-3,5-6H2,1H3. The van der Waals surface area contributed by atoms with Crippen LogP contribution in [0.3, 0.4) is 0 Å². The third-order valence-corrected chi connectivity index (χ3v) is 4.60. The Balaban J connectivity index is 1.66. The predicted octanol–water partition coefficient (Wildman–Crippen LogP) is 2.66. The Morgan fingerprint density at radius 2 is 2.17 bits per heavy atom. The monoisotopic (exact) mass is 343 g/mol. The van der Waals surface area contributed by atoms with Gasteiger partial charge in [0.2, 0.25) is 0 Å². The molecule has 0 amide bonds. The van der Waals surface area contributed by atoms with E-state index >= 15 is 0 Å². The molecule has 0 aromatic carbocycles. The number of anilines is 1. The van der Waals surface area contributed by atoms with E-state index in [1.54, 1.807) is 28.8 Å². The Morgan fingerprint density at radius 1 is 1.35 bits per heavy atom. The normalized spacial score (nSPS) is 19.2. The van der Waals surface area contributed by atoms with Gasteiger partial charge in [-0.1, -0.05) is 0 Å². The van der Waals surface area contributed by atoms with Crippen molar-refractivity contribution in [1.29, 1.82) is 0 Å². The zero-order valence-electron chi connectivity index (χ0n) is 12.5. The third-order valence-electron chi connectivity index (χ3n) is 3.97. The minimum Gasteiger partial charge on any atom is -0.355 e. The van der Waals surface area contributed by atoms with Gasteiger partial charge in [-0.2, -0.15) is 13.2 Å². The summed E-state index contributed by atoms with van der Waals surface area (Å²) in [6.45, 7) is 2.44. The summed E-state index contributed by atoms with van der Waals surface area (Å²) in [5.74, 6) is 0.299. The number of rotatable bonds is 4. The summed E-state index contributed by atoms with van der Waals surface area (Å²) < 4.78 is 38.3. The third kappa shape index (κ3) is 3.78. The molecular weight excluding hydrogens is 327 g/mol. The van der Waals surface area contributed by atoms with E-state index in [1.807, 2.05) is 5.38 Å². The summed E-state index contributed by atoms with van der Waals surface area (Å²) in [5.41, 5.74) is 1.92. The van der Waals surface area contributed by atoms with E-state index in [0.717, 1.165) is 44.1 Å². The number of nitrogens with zero attached hydrogens (tertiary/aromatic N) is 5. The van der Waals surface area contributed by atoms with Crippen LogP contribution in [0.1, 0.15) is 17.8 Å². The number of aromatic nitrogens is 3. The van der Waals surface area contributed by atoms with Crippen LogP contribution in [0.2, 0.25) is 0 Å². The van der Waals surface area contributed by atoms with Gasteiger partial charge in [0.15, 0.2) is 0 Å². The van der Waals surface area contributed by atoms with E-state index in [9.17, 15) is 13.2 Å². The first-order valence-corrected chi connectivity index (χ1v) is 8.09. The summed E-state index contributed by atoms with van der Waals surface area (Å²) in [6, 6.07) is 1.13. The van der Waals surface area contributed by atoms with Gasteiger partial charge in [0, 0.05) is 44.2 Å². The maximum atomic E-state index is 12.8. The lowest BCUT2D eigenvalue weighted by atomic mass is 10.2. The molecule has 124 valence electrons. The highest BCUT2D eigenvalue weighted by molar-refractivity contribution is 7.07. The molecule has 0 radical (unpaired) electrons. The summed E-state index contributed by atoms with van der Waals surface area (Å²) in [7, 11) is 1.78. The largest absolute Gasteiger partial charge is 0.433 e. The molecule has 0 N–H and O–H groups in total. The second-order valence-corrected chi connectivity index (χ2v) is 6.25. The topological polar surface area (TPSA) is 45.2 Å². The fourth-order valence-electron chi connectivity index (χ4n) is 2.70. The van der Waals surface area contributed by atoms with Gasteiger partial charge >= 0.3 is 6.18 Å². The minimum absolute atomic E-state index is 0.129. The zero-order chi connectivity index (χ0) is 16.4.